The van der Waals surface area contributed by atoms with Crippen molar-refractivity contribution in [2.24, 2.45) is 0 Å². The summed E-state index contributed by atoms with van der Waals surface area (Å²) in [6.07, 6.45) is 1.76. The molecule has 0 aliphatic rings. The number of aliphatic hydroxyl groups is 1. The molecule has 22 heavy (non-hydrogen) atoms. The summed E-state index contributed by atoms with van der Waals surface area (Å²) in [6, 6.07) is 14.2. The summed E-state index contributed by atoms with van der Waals surface area (Å²) in [5, 5.41) is 19.4. The summed E-state index contributed by atoms with van der Waals surface area (Å²) in [6.45, 7) is -0.408. The van der Waals surface area contributed by atoms with Crippen LogP contribution in [0.4, 0.5) is 0 Å². The molecule has 0 spiro atoms. The van der Waals surface area contributed by atoms with Crippen molar-refractivity contribution in [3.8, 4) is 5.75 Å². The molecule has 1 aromatic carbocycles. The van der Waals surface area contributed by atoms with Crippen LogP contribution < -0.4 is 5.43 Å². The van der Waals surface area contributed by atoms with Crippen LogP contribution in [-0.4, -0.2) is 15.2 Å². The van der Waals surface area contributed by atoms with E-state index in [0.717, 1.165) is 17.3 Å². The van der Waals surface area contributed by atoms with Gasteiger partial charge in [-0.2, -0.15) is 0 Å². The Bertz CT molecular complexity index is 806. The maximum atomic E-state index is 11.9. The summed E-state index contributed by atoms with van der Waals surface area (Å²) >= 11 is 0. The number of nitrogens with one attached hydrogen (secondary N) is 1. The van der Waals surface area contributed by atoms with Crippen molar-refractivity contribution in [2.75, 3.05) is 0 Å². The van der Waals surface area contributed by atoms with E-state index in [1.165, 1.54) is 0 Å². The van der Waals surface area contributed by atoms with Gasteiger partial charge in [0.25, 0.3) is 0 Å². The lowest BCUT2D eigenvalue weighted by molar-refractivity contribution is 0.234. The van der Waals surface area contributed by atoms with Crippen LogP contribution in [0.3, 0.4) is 0 Å². The van der Waals surface area contributed by atoms with Gasteiger partial charge in [0.15, 0.2) is 5.76 Å². The summed E-state index contributed by atoms with van der Waals surface area (Å²) in [7, 11) is 0. The van der Waals surface area contributed by atoms with Crippen molar-refractivity contribution in [1.29, 1.82) is 0 Å². The summed E-state index contributed by atoms with van der Waals surface area (Å²) in [5.41, 5.74) is 1.07. The lowest BCUT2D eigenvalue weighted by Gasteiger charge is -2.17. The number of aromatic hydroxyl groups is 1. The highest BCUT2D eigenvalue weighted by Gasteiger charge is 2.25. The van der Waals surface area contributed by atoms with Crippen LogP contribution in [0.25, 0.3) is 0 Å². The van der Waals surface area contributed by atoms with E-state index in [9.17, 15) is 15.0 Å². The number of hydrogen-bond donors (Lipinski definition) is 3. The van der Waals surface area contributed by atoms with Gasteiger partial charge in [0.05, 0.1) is 5.92 Å². The number of hydrogen-bond acceptors (Lipinski definition) is 4. The Morgan fingerprint density at radius 1 is 1.14 bits per heavy atom. The monoisotopic (exact) mass is 297 g/mol. The normalized spacial score (nSPS) is 12.2. The number of H-pyrrole nitrogens is 1. The third kappa shape index (κ3) is 2.54. The summed E-state index contributed by atoms with van der Waals surface area (Å²) < 4.78 is 5.56. The Labute approximate surface area is 126 Å². The summed E-state index contributed by atoms with van der Waals surface area (Å²) in [4.78, 5) is 15.0. The van der Waals surface area contributed by atoms with Gasteiger partial charge >= 0.3 is 0 Å². The molecule has 0 bridgehead atoms. The fourth-order valence-corrected chi connectivity index (χ4v) is 2.47. The number of aromatic nitrogens is 1. The minimum Gasteiger partial charge on any atom is -0.502 e. The molecule has 0 aliphatic heterocycles. The third-order valence-corrected chi connectivity index (χ3v) is 3.48. The molecule has 5 heteroatoms. The second-order valence-corrected chi connectivity index (χ2v) is 4.92. The molecule has 0 saturated carbocycles. The first-order valence-electron chi connectivity index (χ1n) is 6.85. The van der Waals surface area contributed by atoms with E-state index in [2.05, 4.69) is 4.98 Å². The van der Waals surface area contributed by atoms with Gasteiger partial charge in [-0.3, -0.25) is 4.79 Å². The number of rotatable bonds is 4. The minimum atomic E-state index is -0.571. The standard InChI is InChI=1S/C17H15NO4/c19-10-12-9-14(20)16(21)17(22-12)15(13-7-4-8-18-13)11-5-2-1-3-6-11/h1-9,15,18-19,21H,10H2. The van der Waals surface area contributed by atoms with Crippen LogP contribution in [0, 0.1) is 0 Å². The molecule has 3 aromatic rings. The molecular formula is C17H15NO4. The van der Waals surface area contributed by atoms with Gasteiger partial charge in [0, 0.05) is 18.0 Å². The SMILES string of the molecule is O=c1cc(CO)oc(C(c2ccccc2)c2ccc[nH]2)c1O. The second kappa shape index (κ2) is 5.91. The van der Waals surface area contributed by atoms with Crippen molar-refractivity contribution in [2.45, 2.75) is 12.5 Å². The van der Waals surface area contributed by atoms with Gasteiger partial charge in [0.2, 0.25) is 11.2 Å². The van der Waals surface area contributed by atoms with Crippen LogP contribution in [0.2, 0.25) is 0 Å². The third-order valence-electron chi connectivity index (χ3n) is 3.48. The van der Waals surface area contributed by atoms with Gasteiger partial charge in [-0.05, 0) is 17.7 Å². The Morgan fingerprint density at radius 2 is 1.91 bits per heavy atom. The van der Waals surface area contributed by atoms with Gasteiger partial charge in [0.1, 0.15) is 12.4 Å². The molecule has 3 N–H and O–H groups in total. The predicted molar refractivity (Wildman–Crippen MR) is 80.7 cm³/mol. The zero-order chi connectivity index (χ0) is 15.5. The predicted octanol–water partition coefficient (Wildman–Crippen LogP) is 2.35. The van der Waals surface area contributed by atoms with Crippen molar-refractivity contribution in [1.82, 2.24) is 4.98 Å². The first-order chi connectivity index (χ1) is 10.7. The molecule has 0 radical (unpaired) electrons. The second-order valence-electron chi connectivity index (χ2n) is 4.92. The Balaban J connectivity index is 2.24. The average molecular weight is 297 g/mol. The highest BCUT2D eigenvalue weighted by atomic mass is 16.4. The van der Waals surface area contributed by atoms with Gasteiger partial charge < -0.3 is 19.6 Å². The van der Waals surface area contributed by atoms with E-state index in [1.807, 2.05) is 42.5 Å². The van der Waals surface area contributed by atoms with Crippen molar-refractivity contribution >= 4 is 0 Å². The smallest absolute Gasteiger partial charge is 0.227 e. The van der Waals surface area contributed by atoms with Crippen LogP contribution in [0.15, 0.2) is 63.9 Å². The van der Waals surface area contributed by atoms with Gasteiger partial charge in [-0.1, -0.05) is 30.3 Å². The maximum absolute atomic E-state index is 11.9. The number of aliphatic hydroxyl groups excluding tert-OH is 1. The van der Waals surface area contributed by atoms with E-state index < -0.39 is 23.7 Å². The zero-order valence-corrected chi connectivity index (χ0v) is 11.7. The molecule has 2 heterocycles. The highest BCUT2D eigenvalue weighted by Crippen LogP contribution is 2.34. The van der Waals surface area contributed by atoms with Gasteiger partial charge in [-0.15, -0.1) is 0 Å². The van der Waals surface area contributed by atoms with Crippen LogP contribution >= 0.6 is 0 Å². The molecule has 0 amide bonds. The summed E-state index contributed by atoms with van der Waals surface area (Å²) in [5.74, 6) is -0.674. The first kappa shape index (κ1) is 14.2. The Kier molecular flexibility index (Phi) is 3.80. The molecule has 0 saturated heterocycles. The topological polar surface area (TPSA) is 86.5 Å². The fraction of sp³-hybridized carbons (Fsp3) is 0.118. The molecule has 3 rings (SSSR count). The van der Waals surface area contributed by atoms with E-state index in [4.69, 9.17) is 4.42 Å². The lowest BCUT2D eigenvalue weighted by Crippen LogP contribution is -2.11. The van der Waals surface area contributed by atoms with Crippen molar-refractivity contribution in [3.63, 3.8) is 0 Å². The Morgan fingerprint density at radius 3 is 2.55 bits per heavy atom. The van der Waals surface area contributed by atoms with Crippen molar-refractivity contribution < 1.29 is 14.6 Å². The molecule has 1 unspecified atom stereocenters. The molecule has 1 atom stereocenters. The quantitative estimate of drug-likeness (QED) is 0.690. The van der Waals surface area contributed by atoms with Crippen molar-refractivity contribution in [3.05, 3.63) is 87.7 Å². The molecular weight excluding hydrogens is 282 g/mol. The van der Waals surface area contributed by atoms with Crippen LogP contribution in [0.1, 0.15) is 28.7 Å². The highest BCUT2D eigenvalue weighted by molar-refractivity contribution is 5.42. The maximum Gasteiger partial charge on any atom is 0.227 e. The first-order valence-corrected chi connectivity index (χ1v) is 6.85. The Hall–Kier alpha value is -2.79. The number of benzene rings is 1. The van der Waals surface area contributed by atoms with Crippen LogP contribution in [0.5, 0.6) is 5.75 Å². The molecule has 2 aromatic heterocycles. The van der Waals surface area contributed by atoms with E-state index in [1.54, 1.807) is 6.20 Å². The van der Waals surface area contributed by atoms with E-state index in [0.29, 0.717) is 0 Å². The minimum absolute atomic E-state index is 0.116. The molecule has 5 nitrogen and oxygen atoms in total. The molecule has 0 aliphatic carbocycles. The fourth-order valence-electron chi connectivity index (χ4n) is 2.47. The average Bonchev–Trinajstić information content (AvgIpc) is 3.06. The molecule has 112 valence electrons. The van der Waals surface area contributed by atoms with Gasteiger partial charge in [-0.25, -0.2) is 0 Å². The lowest BCUT2D eigenvalue weighted by atomic mass is 9.92. The van der Waals surface area contributed by atoms with Crippen LogP contribution in [-0.2, 0) is 6.61 Å². The zero-order valence-electron chi connectivity index (χ0n) is 11.7. The molecule has 0 fully saturated rings. The van der Waals surface area contributed by atoms with E-state index >= 15 is 0 Å². The van der Waals surface area contributed by atoms with E-state index in [-0.39, 0.29) is 11.5 Å². The largest absolute Gasteiger partial charge is 0.502 e. The number of aromatic amines is 1.